The molecule has 1 aromatic carbocycles. The lowest BCUT2D eigenvalue weighted by Crippen LogP contribution is -2.05. The lowest BCUT2D eigenvalue weighted by Gasteiger charge is -2.08. The monoisotopic (exact) mass is 310 g/mol. The summed E-state index contributed by atoms with van der Waals surface area (Å²) in [7, 11) is 0. The molecule has 17 heavy (non-hydrogen) atoms. The maximum absolute atomic E-state index is 5.94. The van der Waals surface area contributed by atoms with E-state index in [1.54, 1.807) is 6.20 Å². The van der Waals surface area contributed by atoms with E-state index in [0.29, 0.717) is 0 Å². The molecule has 1 aromatic heterocycles. The van der Waals surface area contributed by atoms with E-state index in [-0.39, 0.29) is 0 Å². The number of pyridine rings is 1. The molecular weight excluding hydrogens is 300 g/mol. The maximum atomic E-state index is 5.94. The van der Waals surface area contributed by atoms with Crippen LogP contribution in [0, 0.1) is 0 Å². The first-order chi connectivity index (χ1) is 8.25. The summed E-state index contributed by atoms with van der Waals surface area (Å²) in [6.45, 7) is 0.852. The van der Waals surface area contributed by atoms with Gasteiger partial charge in [-0.15, -0.1) is 0 Å². The van der Waals surface area contributed by atoms with E-state index in [1.807, 2.05) is 30.5 Å². The molecule has 0 amide bonds. The van der Waals surface area contributed by atoms with Gasteiger partial charge in [-0.3, -0.25) is 4.98 Å². The highest BCUT2D eigenvalue weighted by Crippen LogP contribution is 2.25. The van der Waals surface area contributed by atoms with E-state index in [4.69, 9.17) is 11.6 Å². The summed E-state index contributed by atoms with van der Waals surface area (Å²) in [6, 6.07) is 9.73. The summed E-state index contributed by atoms with van der Waals surface area (Å²) in [5.74, 6) is 0. The second-order valence-corrected chi connectivity index (χ2v) is 4.95. The van der Waals surface area contributed by atoms with Crippen molar-refractivity contribution >= 4 is 33.2 Å². The summed E-state index contributed by atoms with van der Waals surface area (Å²) >= 11 is 9.43. The zero-order valence-electron chi connectivity index (χ0n) is 9.16. The van der Waals surface area contributed by atoms with E-state index in [1.165, 1.54) is 5.56 Å². The van der Waals surface area contributed by atoms with Crippen molar-refractivity contribution < 1.29 is 0 Å². The maximum Gasteiger partial charge on any atom is 0.0499 e. The zero-order valence-corrected chi connectivity index (χ0v) is 11.5. The molecule has 0 spiro atoms. The zero-order chi connectivity index (χ0) is 12.1. The van der Waals surface area contributed by atoms with E-state index < -0.39 is 0 Å². The first kappa shape index (κ1) is 12.4. The fraction of sp³-hybridized carbons (Fsp3) is 0.154. The van der Waals surface area contributed by atoms with E-state index in [9.17, 15) is 0 Å². The number of nitrogens with one attached hydrogen (secondary N) is 1. The minimum absolute atomic E-state index is 0.733. The summed E-state index contributed by atoms with van der Waals surface area (Å²) in [4.78, 5) is 4.08. The number of anilines is 1. The number of nitrogens with zero attached hydrogens (tertiary/aromatic N) is 1. The van der Waals surface area contributed by atoms with Crippen LogP contribution in [-0.4, -0.2) is 11.5 Å². The third kappa shape index (κ3) is 3.72. The molecule has 0 unspecified atom stereocenters. The first-order valence-corrected chi connectivity index (χ1v) is 6.50. The Morgan fingerprint density at radius 1 is 1.29 bits per heavy atom. The van der Waals surface area contributed by atoms with Gasteiger partial charge in [-0.1, -0.05) is 17.7 Å². The Labute approximate surface area is 114 Å². The van der Waals surface area contributed by atoms with Gasteiger partial charge < -0.3 is 5.32 Å². The minimum Gasteiger partial charge on any atom is -0.384 e. The van der Waals surface area contributed by atoms with Gasteiger partial charge in [-0.2, -0.15) is 0 Å². The molecule has 1 N–H and O–H groups in total. The fourth-order valence-corrected chi connectivity index (χ4v) is 2.08. The molecule has 0 fully saturated rings. The Morgan fingerprint density at radius 3 is 2.94 bits per heavy atom. The van der Waals surface area contributed by atoms with Crippen molar-refractivity contribution in [3.63, 3.8) is 0 Å². The molecule has 88 valence electrons. The van der Waals surface area contributed by atoms with Crippen molar-refractivity contribution in [1.29, 1.82) is 0 Å². The van der Waals surface area contributed by atoms with Crippen LogP contribution in [0.1, 0.15) is 5.56 Å². The van der Waals surface area contributed by atoms with Crippen molar-refractivity contribution in [3.8, 4) is 0 Å². The molecule has 0 atom stereocenters. The third-order valence-electron chi connectivity index (χ3n) is 2.38. The molecule has 0 aliphatic carbocycles. The van der Waals surface area contributed by atoms with Gasteiger partial charge in [0, 0.05) is 34.1 Å². The van der Waals surface area contributed by atoms with Gasteiger partial charge in [-0.25, -0.2) is 0 Å². The van der Waals surface area contributed by atoms with Crippen LogP contribution in [0.5, 0.6) is 0 Å². The molecule has 2 nitrogen and oxygen atoms in total. The Morgan fingerprint density at radius 2 is 2.18 bits per heavy atom. The van der Waals surface area contributed by atoms with Crippen molar-refractivity contribution in [1.82, 2.24) is 4.98 Å². The Balaban J connectivity index is 1.92. The van der Waals surface area contributed by atoms with Crippen LogP contribution >= 0.6 is 27.5 Å². The molecule has 0 aliphatic rings. The van der Waals surface area contributed by atoms with Crippen molar-refractivity contribution in [2.75, 3.05) is 11.9 Å². The topological polar surface area (TPSA) is 24.9 Å². The molecule has 0 aliphatic heterocycles. The van der Waals surface area contributed by atoms with Crippen molar-refractivity contribution in [2.24, 2.45) is 0 Å². The van der Waals surface area contributed by atoms with Crippen LogP contribution in [-0.2, 0) is 6.42 Å². The average molecular weight is 312 g/mol. The van der Waals surface area contributed by atoms with Crippen LogP contribution in [0.25, 0.3) is 0 Å². The molecule has 0 radical (unpaired) electrons. The SMILES string of the molecule is Clc1ccc(Br)c(NCCc2cccnc2)c1. The molecule has 2 aromatic rings. The lowest BCUT2D eigenvalue weighted by atomic mass is 10.2. The van der Waals surface area contributed by atoms with Gasteiger partial charge in [0.1, 0.15) is 0 Å². The van der Waals surface area contributed by atoms with Crippen molar-refractivity contribution in [2.45, 2.75) is 6.42 Å². The average Bonchev–Trinajstić information content (AvgIpc) is 2.35. The summed E-state index contributed by atoms with van der Waals surface area (Å²) in [5.41, 5.74) is 2.24. The molecule has 4 heteroatoms. The van der Waals surface area contributed by atoms with Crippen LogP contribution < -0.4 is 5.32 Å². The van der Waals surface area contributed by atoms with Crippen LogP contribution in [0.15, 0.2) is 47.2 Å². The van der Waals surface area contributed by atoms with Gasteiger partial charge in [0.05, 0.1) is 0 Å². The second kappa shape index (κ2) is 6.03. The van der Waals surface area contributed by atoms with E-state index in [0.717, 1.165) is 28.1 Å². The van der Waals surface area contributed by atoms with Crippen molar-refractivity contribution in [3.05, 3.63) is 57.8 Å². The van der Waals surface area contributed by atoms with Crippen LogP contribution in [0.4, 0.5) is 5.69 Å². The van der Waals surface area contributed by atoms with E-state index in [2.05, 4.69) is 32.3 Å². The summed E-state index contributed by atoms with van der Waals surface area (Å²) in [6.07, 6.45) is 4.60. The fourth-order valence-electron chi connectivity index (χ4n) is 1.52. The quantitative estimate of drug-likeness (QED) is 0.917. The number of rotatable bonds is 4. The lowest BCUT2D eigenvalue weighted by molar-refractivity contribution is 1.00. The minimum atomic E-state index is 0.733. The largest absolute Gasteiger partial charge is 0.384 e. The smallest absolute Gasteiger partial charge is 0.0499 e. The van der Waals surface area contributed by atoms with Gasteiger partial charge in [0.25, 0.3) is 0 Å². The van der Waals surface area contributed by atoms with Gasteiger partial charge in [0.15, 0.2) is 0 Å². The van der Waals surface area contributed by atoms with Gasteiger partial charge >= 0.3 is 0 Å². The highest BCUT2D eigenvalue weighted by Gasteiger charge is 2.00. The van der Waals surface area contributed by atoms with E-state index >= 15 is 0 Å². The molecule has 0 saturated carbocycles. The van der Waals surface area contributed by atoms with Gasteiger partial charge in [-0.05, 0) is 52.2 Å². The normalized spacial score (nSPS) is 10.2. The molecule has 0 saturated heterocycles. The summed E-state index contributed by atoms with van der Waals surface area (Å²) < 4.78 is 1.02. The third-order valence-corrected chi connectivity index (χ3v) is 3.31. The number of hydrogen-bond acceptors (Lipinski definition) is 2. The number of aromatic nitrogens is 1. The standard InChI is InChI=1S/C13H12BrClN2/c14-12-4-3-11(15)8-13(12)17-7-5-10-2-1-6-16-9-10/h1-4,6,8-9,17H,5,7H2. The molecule has 0 bridgehead atoms. The molecule has 2 rings (SSSR count). The summed E-state index contributed by atoms with van der Waals surface area (Å²) in [5, 5.41) is 4.08. The Kier molecular flexibility index (Phi) is 4.40. The highest BCUT2D eigenvalue weighted by atomic mass is 79.9. The number of benzene rings is 1. The predicted molar refractivity (Wildman–Crippen MR) is 75.6 cm³/mol. The van der Waals surface area contributed by atoms with Gasteiger partial charge in [0.2, 0.25) is 0 Å². The number of halogens is 2. The first-order valence-electron chi connectivity index (χ1n) is 5.33. The highest BCUT2D eigenvalue weighted by molar-refractivity contribution is 9.10. The Hall–Kier alpha value is -1.06. The van der Waals surface area contributed by atoms with Crippen LogP contribution in [0.3, 0.4) is 0 Å². The predicted octanol–water partition coefficient (Wildman–Crippen LogP) is 4.15. The Bertz CT molecular complexity index is 488. The molecule has 1 heterocycles. The second-order valence-electron chi connectivity index (χ2n) is 3.66. The van der Waals surface area contributed by atoms with Crippen LogP contribution in [0.2, 0.25) is 5.02 Å². The molecular formula is C13H12BrClN2. The number of hydrogen-bond donors (Lipinski definition) is 1.